The number of hydrogen-bond acceptors (Lipinski definition) is 2. The standard InChI is InChI=1S/C22H24FIN2O2/c1-26(20(24)15-5-3-2-4-6-15)22(28)17-9-13-19(14-10-17)25-21(27)16-7-11-18(23)12-8-16/h7-15,20H,2-6H2,1H3,(H,25,27). The van der Waals surface area contributed by atoms with Gasteiger partial charge in [0.15, 0.2) is 0 Å². The quantitative estimate of drug-likeness (QED) is 0.340. The molecular weight excluding hydrogens is 470 g/mol. The highest BCUT2D eigenvalue weighted by molar-refractivity contribution is 14.1. The van der Waals surface area contributed by atoms with Gasteiger partial charge in [0.1, 0.15) is 5.82 Å². The third-order valence-electron chi connectivity index (χ3n) is 5.23. The number of amides is 2. The number of carbonyl (C=O) groups is 2. The Hall–Kier alpha value is -1.96. The molecule has 1 N–H and O–H groups in total. The van der Waals surface area contributed by atoms with E-state index in [1.807, 2.05) is 11.9 Å². The molecule has 2 amide bonds. The molecule has 0 saturated heterocycles. The summed E-state index contributed by atoms with van der Waals surface area (Å²) in [6.07, 6.45) is 6.14. The van der Waals surface area contributed by atoms with Crippen molar-refractivity contribution < 1.29 is 14.0 Å². The van der Waals surface area contributed by atoms with Crippen LogP contribution in [-0.2, 0) is 0 Å². The van der Waals surface area contributed by atoms with Crippen molar-refractivity contribution in [2.45, 2.75) is 36.2 Å². The molecule has 148 valence electrons. The summed E-state index contributed by atoms with van der Waals surface area (Å²) in [5.74, 6) is -0.162. The third-order valence-corrected chi connectivity index (χ3v) is 7.08. The summed E-state index contributed by atoms with van der Waals surface area (Å²) in [5.41, 5.74) is 1.56. The monoisotopic (exact) mass is 494 g/mol. The maximum absolute atomic E-state index is 13.0. The van der Waals surface area contributed by atoms with Gasteiger partial charge in [-0.15, -0.1) is 0 Å². The number of alkyl halides is 1. The molecule has 1 aliphatic rings. The van der Waals surface area contributed by atoms with Gasteiger partial charge in [-0.2, -0.15) is 0 Å². The van der Waals surface area contributed by atoms with Gasteiger partial charge in [0.2, 0.25) is 0 Å². The van der Waals surface area contributed by atoms with E-state index in [-0.39, 0.29) is 21.7 Å². The molecule has 1 aliphatic carbocycles. The Balaban J connectivity index is 1.62. The van der Waals surface area contributed by atoms with Crippen LogP contribution < -0.4 is 5.32 Å². The molecule has 1 fully saturated rings. The second-order valence-electron chi connectivity index (χ2n) is 7.23. The molecule has 28 heavy (non-hydrogen) atoms. The fourth-order valence-corrected chi connectivity index (χ4v) is 4.51. The van der Waals surface area contributed by atoms with Crippen molar-refractivity contribution in [3.05, 3.63) is 65.5 Å². The molecular formula is C22H24FIN2O2. The minimum absolute atomic E-state index is 0.0126. The van der Waals surface area contributed by atoms with Gasteiger partial charge >= 0.3 is 0 Å². The summed E-state index contributed by atoms with van der Waals surface area (Å²) >= 11 is 2.38. The molecule has 0 aromatic heterocycles. The number of halogens is 2. The number of nitrogens with one attached hydrogen (secondary N) is 1. The van der Waals surface area contributed by atoms with E-state index in [9.17, 15) is 14.0 Å². The van der Waals surface area contributed by atoms with E-state index in [4.69, 9.17) is 0 Å². The van der Waals surface area contributed by atoms with E-state index >= 15 is 0 Å². The summed E-state index contributed by atoms with van der Waals surface area (Å²) in [5, 5.41) is 2.76. The van der Waals surface area contributed by atoms with E-state index in [1.54, 1.807) is 24.3 Å². The molecule has 1 atom stereocenters. The van der Waals surface area contributed by atoms with Gasteiger partial charge in [-0.1, -0.05) is 41.9 Å². The number of rotatable bonds is 5. The fraction of sp³-hybridized carbons (Fsp3) is 0.364. The second kappa shape index (κ2) is 9.49. The average Bonchev–Trinajstić information content (AvgIpc) is 2.73. The molecule has 0 radical (unpaired) electrons. The second-order valence-corrected chi connectivity index (χ2v) is 8.50. The fourth-order valence-electron chi connectivity index (χ4n) is 3.54. The van der Waals surface area contributed by atoms with Gasteiger partial charge in [0, 0.05) is 23.9 Å². The summed E-state index contributed by atoms with van der Waals surface area (Å²) in [6.45, 7) is 0. The molecule has 1 saturated carbocycles. The molecule has 0 aliphatic heterocycles. The molecule has 6 heteroatoms. The van der Waals surface area contributed by atoms with Gasteiger partial charge < -0.3 is 10.2 Å². The summed E-state index contributed by atoms with van der Waals surface area (Å²) in [4.78, 5) is 26.8. The Morgan fingerprint density at radius 2 is 1.57 bits per heavy atom. The Morgan fingerprint density at radius 3 is 2.18 bits per heavy atom. The third kappa shape index (κ3) is 5.10. The predicted molar refractivity (Wildman–Crippen MR) is 117 cm³/mol. The van der Waals surface area contributed by atoms with Crippen LogP contribution in [0, 0.1) is 11.7 Å². The molecule has 0 bridgehead atoms. The first-order chi connectivity index (χ1) is 13.5. The minimum atomic E-state index is -0.384. The minimum Gasteiger partial charge on any atom is -0.330 e. The maximum atomic E-state index is 13.0. The van der Waals surface area contributed by atoms with Crippen molar-refractivity contribution in [3.63, 3.8) is 0 Å². The Bertz CT molecular complexity index is 817. The van der Waals surface area contributed by atoms with Crippen molar-refractivity contribution >= 4 is 40.1 Å². The van der Waals surface area contributed by atoms with Gasteiger partial charge in [0.05, 0.1) is 4.05 Å². The molecule has 4 nitrogen and oxygen atoms in total. The smallest absolute Gasteiger partial charge is 0.255 e. The first kappa shape index (κ1) is 20.8. The van der Waals surface area contributed by atoms with Crippen molar-refractivity contribution in [3.8, 4) is 0 Å². The summed E-state index contributed by atoms with van der Waals surface area (Å²) < 4.78 is 13.2. The number of hydrogen-bond donors (Lipinski definition) is 1. The highest BCUT2D eigenvalue weighted by atomic mass is 127. The Labute approximate surface area is 178 Å². The summed E-state index contributed by atoms with van der Waals surface area (Å²) in [6, 6.07) is 12.2. The van der Waals surface area contributed by atoms with Crippen LogP contribution in [0.15, 0.2) is 48.5 Å². The van der Waals surface area contributed by atoms with Crippen LogP contribution >= 0.6 is 22.6 Å². The van der Waals surface area contributed by atoms with E-state index in [0.29, 0.717) is 22.7 Å². The number of nitrogens with zero attached hydrogens (tertiary/aromatic N) is 1. The molecule has 0 heterocycles. The molecule has 2 aromatic carbocycles. The van der Waals surface area contributed by atoms with Crippen LogP contribution in [0.2, 0.25) is 0 Å². The lowest BCUT2D eigenvalue weighted by Gasteiger charge is -2.33. The van der Waals surface area contributed by atoms with Crippen LogP contribution in [-0.4, -0.2) is 27.8 Å². The van der Waals surface area contributed by atoms with Crippen LogP contribution in [0.5, 0.6) is 0 Å². The van der Waals surface area contributed by atoms with Crippen LogP contribution in [0.4, 0.5) is 10.1 Å². The maximum Gasteiger partial charge on any atom is 0.255 e. The van der Waals surface area contributed by atoms with Gasteiger partial charge in [-0.25, -0.2) is 4.39 Å². The van der Waals surface area contributed by atoms with E-state index in [2.05, 4.69) is 27.9 Å². The topological polar surface area (TPSA) is 49.4 Å². The SMILES string of the molecule is CN(C(=O)c1ccc(NC(=O)c2ccc(F)cc2)cc1)C(I)C1CCCCC1. The van der Waals surface area contributed by atoms with Crippen LogP contribution in [0.3, 0.4) is 0 Å². The van der Waals surface area contributed by atoms with Crippen molar-refractivity contribution in [1.29, 1.82) is 0 Å². The lowest BCUT2D eigenvalue weighted by atomic mass is 9.89. The van der Waals surface area contributed by atoms with Gasteiger partial charge in [0.25, 0.3) is 11.8 Å². The zero-order chi connectivity index (χ0) is 20.1. The molecule has 1 unspecified atom stereocenters. The van der Waals surface area contributed by atoms with E-state index in [1.165, 1.54) is 56.4 Å². The lowest BCUT2D eigenvalue weighted by molar-refractivity contribution is 0.0746. The largest absolute Gasteiger partial charge is 0.330 e. The molecule has 2 aromatic rings. The van der Waals surface area contributed by atoms with Crippen LogP contribution in [0.1, 0.15) is 52.8 Å². The van der Waals surface area contributed by atoms with Gasteiger partial charge in [-0.05, 0) is 67.3 Å². The average molecular weight is 494 g/mol. The summed E-state index contributed by atoms with van der Waals surface area (Å²) in [7, 11) is 1.86. The molecule has 0 spiro atoms. The predicted octanol–water partition coefficient (Wildman–Crippen LogP) is 5.49. The zero-order valence-electron chi connectivity index (χ0n) is 15.8. The Kier molecular flexibility index (Phi) is 7.04. The lowest BCUT2D eigenvalue weighted by Crippen LogP contribution is -2.38. The highest BCUT2D eigenvalue weighted by Gasteiger charge is 2.27. The first-order valence-corrected chi connectivity index (χ1v) is 10.8. The van der Waals surface area contributed by atoms with Crippen LogP contribution in [0.25, 0.3) is 0 Å². The van der Waals surface area contributed by atoms with E-state index in [0.717, 1.165) is 0 Å². The van der Waals surface area contributed by atoms with Crippen molar-refractivity contribution in [1.82, 2.24) is 4.90 Å². The number of benzene rings is 2. The van der Waals surface area contributed by atoms with E-state index < -0.39 is 0 Å². The molecule has 3 rings (SSSR count). The van der Waals surface area contributed by atoms with Crippen molar-refractivity contribution in [2.24, 2.45) is 5.92 Å². The number of carbonyl (C=O) groups excluding carboxylic acids is 2. The highest BCUT2D eigenvalue weighted by Crippen LogP contribution is 2.32. The van der Waals surface area contributed by atoms with Gasteiger partial charge in [-0.3, -0.25) is 9.59 Å². The normalized spacial score (nSPS) is 15.7. The van der Waals surface area contributed by atoms with Crippen molar-refractivity contribution in [2.75, 3.05) is 12.4 Å². The number of anilines is 1. The first-order valence-electron chi connectivity index (χ1n) is 9.54. The zero-order valence-corrected chi connectivity index (χ0v) is 18.0. The Morgan fingerprint density at radius 1 is 1.00 bits per heavy atom.